The number of carbonyl (C=O) groups is 1. The fraction of sp³-hybridized carbons (Fsp3) is 0.500. The Morgan fingerprint density at radius 3 is 2.87 bits per heavy atom. The van der Waals surface area contributed by atoms with E-state index in [4.69, 9.17) is 0 Å². The number of carbonyl (C=O) groups excluding carboxylic acids is 1. The van der Waals surface area contributed by atoms with Crippen LogP contribution in [0.15, 0.2) is 18.3 Å². The normalized spacial score (nSPS) is 16.3. The number of halogens is 3. The van der Waals surface area contributed by atoms with E-state index in [1.54, 1.807) is 13.0 Å². The van der Waals surface area contributed by atoms with Crippen molar-refractivity contribution in [3.05, 3.63) is 35.4 Å². The summed E-state index contributed by atoms with van der Waals surface area (Å²) in [6, 6.07) is 2.24. The van der Waals surface area contributed by atoms with E-state index in [-0.39, 0.29) is 24.2 Å². The minimum atomic E-state index is -4.47. The van der Waals surface area contributed by atoms with Crippen LogP contribution < -0.4 is 5.32 Å². The van der Waals surface area contributed by atoms with Gasteiger partial charge in [0.15, 0.2) is 5.69 Å². The van der Waals surface area contributed by atoms with Crippen LogP contribution in [-0.2, 0) is 12.7 Å². The van der Waals surface area contributed by atoms with E-state index >= 15 is 0 Å². The summed E-state index contributed by atoms with van der Waals surface area (Å²) in [7, 11) is 0. The molecule has 0 aromatic carbocycles. The van der Waals surface area contributed by atoms with Crippen molar-refractivity contribution in [1.82, 2.24) is 25.3 Å². The van der Waals surface area contributed by atoms with Crippen molar-refractivity contribution in [2.75, 3.05) is 0 Å². The summed E-state index contributed by atoms with van der Waals surface area (Å²) in [5, 5.41) is 13.0. The second kappa shape index (κ2) is 5.71. The molecular formula is C14H16F3N5O. The lowest BCUT2D eigenvalue weighted by atomic mass is 10.2. The van der Waals surface area contributed by atoms with Crippen LogP contribution in [-0.4, -0.2) is 31.9 Å². The van der Waals surface area contributed by atoms with Gasteiger partial charge in [-0.2, -0.15) is 23.4 Å². The molecule has 1 saturated carbocycles. The highest BCUT2D eigenvalue weighted by atomic mass is 19.4. The van der Waals surface area contributed by atoms with Gasteiger partial charge in [0.1, 0.15) is 5.69 Å². The van der Waals surface area contributed by atoms with Gasteiger partial charge in [0.05, 0.1) is 6.54 Å². The third-order valence-electron chi connectivity index (χ3n) is 3.62. The van der Waals surface area contributed by atoms with Crippen LogP contribution >= 0.6 is 0 Å². The number of alkyl halides is 3. The van der Waals surface area contributed by atoms with Gasteiger partial charge in [-0.05, 0) is 31.9 Å². The van der Waals surface area contributed by atoms with Gasteiger partial charge < -0.3 is 5.32 Å². The average Bonchev–Trinajstić information content (AvgIpc) is 3.00. The van der Waals surface area contributed by atoms with E-state index in [9.17, 15) is 18.0 Å². The topological polar surface area (TPSA) is 75.6 Å². The van der Waals surface area contributed by atoms with Crippen LogP contribution in [0.1, 0.15) is 47.6 Å². The molecule has 2 heterocycles. The van der Waals surface area contributed by atoms with Gasteiger partial charge in [0.25, 0.3) is 5.91 Å². The van der Waals surface area contributed by atoms with Crippen molar-refractivity contribution in [3.63, 3.8) is 0 Å². The number of hydrogen-bond acceptors (Lipinski definition) is 3. The molecule has 0 spiro atoms. The molecule has 1 aliphatic carbocycles. The maximum absolute atomic E-state index is 12.5. The van der Waals surface area contributed by atoms with E-state index in [1.807, 2.05) is 0 Å². The van der Waals surface area contributed by atoms with Crippen LogP contribution in [0.2, 0.25) is 0 Å². The molecule has 1 amide bonds. The van der Waals surface area contributed by atoms with Crippen LogP contribution in [0.25, 0.3) is 0 Å². The number of hydrogen-bond donors (Lipinski definition) is 2. The van der Waals surface area contributed by atoms with Crippen molar-refractivity contribution in [1.29, 1.82) is 0 Å². The van der Waals surface area contributed by atoms with Gasteiger partial charge in [0.2, 0.25) is 0 Å². The number of rotatable bonds is 5. The van der Waals surface area contributed by atoms with Crippen molar-refractivity contribution in [2.45, 2.75) is 44.4 Å². The molecule has 2 aromatic rings. The molecule has 0 aliphatic heterocycles. The summed E-state index contributed by atoms with van der Waals surface area (Å²) in [5.41, 5.74) is 0.289. The van der Waals surface area contributed by atoms with E-state index in [2.05, 4.69) is 20.6 Å². The summed E-state index contributed by atoms with van der Waals surface area (Å²) in [6.45, 7) is 1.84. The maximum atomic E-state index is 12.5. The van der Waals surface area contributed by atoms with E-state index in [0.717, 1.165) is 29.3 Å². The molecule has 1 aliphatic rings. The third-order valence-corrected chi connectivity index (χ3v) is 3.62. The number of aromatic amines is 1. The first kappa shape index (κ1) is 15.6. The highest BCUT2D eigenvalue weighted by molar-refractivity contribution is 5.92. The number of nitrogens with zero attached hydrogens (tertiary/aromatic N) is 3. The first-order valence-corrected chi connectivity index (χ1v) is 7.30. The van der Waals surface area contributed by atoms with Crippen LogP contribution in [0, 0.1) is 0 Å². The average molecular weight is 327 g/mol. The molecule has 23 heavy (non-hydrogen) atoms. The maximum Gasteiger partial charge on any atom is 0.435 e. The minimum absolute atomic E-state index is 0.141. The summed E-state index contributed by atoms with van der Waals surface area (Å²) < 4.78 is 38.6. The SMILES string of the molecule is C[C@H](Cn1ccc(C(F)(F)F)n1)NC(=O)c1cc(C2CC2)[nH]n1. The van der Waals surface area contributed by atoms with Crippen molar-refractivity contribution < 1.29 is 18.0 Å². The zero-order valence-corrected chi connectivity index (χ0v) is 12.4. The first-order valence-electron chi connectivity index (χ1n) is 7.30. The zero-order valence-electron chi connectivity index (χ0n) is 12.4. The van der Waals surface area contributed by atoms with Crippen molar-refractivity contribution in [3.8, 4) is 0 Å². The molecular weight excluding hydrogens is 311 g/mol. The van der Waals surface area contributed by atoms with Gasteiger partial charge in [-0.15, -0.1) is 0 Å². The summed E-state index contributed by atoms with van der Waals surface area (Å²) in [4.78, 5) is 12.1. The number of H-pyrrole nitrogens is 1. The Morgan fingerprint density at radius 1 is 1.52 bits per heavy atom. The second-order valence-corrected chi connectivity index (χ2v) is 5.78. The highest BCUT2D eigenvalue weighted by Gasteiger charge is 2.33. The Bertz CT molecular complexity index is 701. The summed E-state index contributed by atoms with van der Waals surface area (Å²) >= 11 is 0. The Morgan fingerprint density at radius 2 is 2.26 bits per heavy atom. The quantitative estimate of drug-likeness (QED) is 0.885. The Kier molecular flexibility index (Phi) is 3.87. The van der Waals surface area contributed by atoms with Crippen LogP contribution in [0.3, 0.4) is 0 Å². The molecule has 1 atom stereocenters. The largest absolute Gasteiger partial charge is 0.435 e. The molecule has 0 unspecified atom stereocenters. The molecule has 124 valence electrons. The smallest absolute Gasteiger partial charge is 0.346 e. The lowest BCUT2D eigenvalue weighted by Crippen LogP contribution is -2.36. The molecule has 9 heteroatoms. The molecule has 0 bridgehead atoms. The number of amides is 1. The van der Waals surface area contributed by atoms with Crippen molar-refractivity contribution in [2.24, 2.45) is 0 Å². The van der Waals surface area contributed by atoms with Gasteiger partial charge in [-0.25, -0.2) is 0 Å². The number of aromatic nitrogens is 4. The molecule has 3 rings (SSSR count). The first-order chi connectivity index (χ1) is 10.8. The van der Waals surface area contributed by atoms with Crippen LogP contribution in [0.5, 0.6) is 0 Å². The fourth-order valence-electron chi connectivity index (χ4n) is 2.29. The lowest BCUT2D eigenvalue weighted by molar-refractivity contribution is -0.141. The standard InChI is InChI=1S/C14H16F3N5O/c1-8(7-22-5-4-12(21-22)14(15,16)17)18-13(23)11-6-10(19-20-11)9-2-3-9/h4-6,8-9H,2-3,7H2,1H3,(H,18,23)(H,19,20)/t8-/m1/s1. The summed E-state index contributed by atoms with van der Waals surface area (Å²) in [5.74, 6) is 0.107. The van der Waals surface area contributed by atoms with E-state index in [1.165, 1.54) is 6.20 Å². The van der Waals surface area contributed by atoms with Gasteiger partial charge >= 0.3 is 6.18 Å². The highest BCUT2D eigenvalue weighted by Crippen LogP contribution is 2.38. The molecule has 6 nitrogen and oxygen atoms in total. The Balaban J connectivity index is 1.56. The third kappa shape index (κ3) is 3.72. The van der Waals surface area contributed by atoms with E-state index in [0.29, 0.717) is 5.92 Å². The van der Waals surface area contributed by atoms with E-state index < -0.39 is 11.9 Å². The fourth-order valence-corrected chi connectivity index (χ4v) is 2.29. The predicted octanol–water partition coefficient (Wildman–Crippen LogP) is 2.32. The summed E-state index contributed by atoms with van der Waals surface area (Å²) in [6.07, 6.45) is -1.03. The predicted molar refractivity (Wildman–Crippen MR) is 74.7 cm³/mol. The molecule has 0 radical (unpaired) electrons. The zero-order chi connectivity index (χ0) is 16.6. The second-order valence-electron chi connectivity index (χ2n) is 5.78. The van der Waals surface area contributed by atoms with Crippen LogP contribution in [0.4, 0.5) is 13.2 Å². The van der Waals surface area contributed by atoms with Gasteiger partial charge in [-0.3, -0.25) is 14.6 Å². The molecule has 2 N–H and O–H groups in total. The molecule has 0 saturated heterocycles. The molecule has 2 aromatic heterocycles. The Hall–Kier alpha value is -2.32. The molecule has 1 fully saturated rings. The van der Waals surface area contributed by atoms with Crippen molar-refractivity contribution >= 4 is 5.91 Å². The Labute approximate surface area is 130 Å². The minimum Gasteiger partial charge on any atom is -0.346 e. The lowest BCUT2D eigenvalue weighted by Gasteiger charge is -2.13. The van der Waals surface area contributed by atoms with Gasteiger partial charge in [0, 0.05) is 23.9 Å². The van der Waals surface area contributed by atoms with Gasteiger partial charge in [-0.1, -0.05) is 0 Å². The monoisotopic (exact) mass is 327 g/mol. The number of nitrogens with one attached hydrogen (secondary N) is 2.